The second kappa shape index (κ2) is 3.84. The molecule has 88 valence electrons. The van der Waals surface area contributed by atoms with E-state index in [0.717, 1.165) is 0 Å². The van der Waals surface area contributed by atoms with Gasteiger partial charge in [-0.25, -0.2) is 13.0 Å². The Hall–Kier alpha value is -0.900. The van der Waals surface area contributed by atoms with Gasteiger partial charge in [0.1, 0.15) is 5.82 Å². The lowest BCUT2D eigenvalue weighted by Crippen LogP contribution is -2.14. The maximum absolute atomic E-state index is 14.2. The van der Waals surface area contributed by atoms with Crippen molar-refractivity contribution in [2.24, 2.45) is 4.36 Å². The van der Waals surface area contributed by atoms with E-state index in [1.54, 1.807) is 18.4 Å². The van der Waals surface area contributed by atoms with Gasteiger partial charge in [0.25, 0.3) is 0 Å². The zero-order valence-corrected chi connectivity index (χ0v) is 10.6. The summed E-state index contributed by atoms with van der Waals surface area (Å²) in [4.78, 5) is 0.584. The summed E-state index contributed by atoms with van der Waals surface area (Å²) in [5, 5.41) is 0. The molecule has 1 aromatic rings. The molecule has 0 spiro atoms. The van der Waals surface area contributed by atoms with Gasteiger partial charge in [-0.15, -0.1) is 0 Å². The van der Waals surface area contributed by atoms with Crippen molar-refractivity contribution >= 4 is 9.73 Å². The van der Waals surface area contributed by atoms with Gasteiger partial charge in [0.2, 0.25) is 0 Å². The highest BCUT2D eigenvalue weighted by atomic mass is 32.2. The smallest absolute Gasteiger partial charge is 0.131 e. The molecule has 2 rings (SSSR count). The summed E-state index contributed by atoms with van der Waals surface area (Å²) in [6.45, 7) is 4.38. The zero-order chi connectivity index (χ0) is 11.9. The van der Waals surface area contributed by atoms with Crippen molar-refractivity contribution in [3.63, 3.8) is 0 Å². The summed E-state index contributed by atoms with van der Waals surface area (Å²) < 4.78 is 30.4. The van der Waals surface area contributed by atoms with E-state index >= 15 is 0 Å². The number of benzene rings is 1. The normalized spacial score (nSPS) is 24.1. The summed E-state index contributed by atoms with van der Waals surface area (Å²) in [5.74, 6) is -0.0333. The fourth-order valence-corrected chi connectivity index (χ4v) is 3.60. The molecule has 0 saturated heterocycles. The van der Waals surface area contributed by atoms with E-state index in [9.17, 15) is 8.60 Å². The monoisotopic (exact) mass is 241 g/mol. The van der Waals surface area contributed by atoms with Crippen LogP contribution in [0.1, 0.15) is 30.9 Å². The van der Waals surface area contributed by atoms with Crippen molar-refractivity contribution in [3.8, 4) is 0 Å². The summed E-state index contributed by atoms with van der Waals surface area (Å²) in [6, 6.07) is 3.52. The average molecular weight is 241 g/mol. The number of hydrogen-bond acceptors (Lipinski definition) is 2. The van der Waals surface area contributed by atoms with Crippen LogP contribution in [0.25, 0.3) is 0 Å². The van der Waals surface area contributed by atoms with Gasteiger partial charge in [-0.3, -0.25) is 0 Å². The first-order valence-electron chi connectivity index (χ1n) is 5.42. The van der Waals surface area contributed by atoms with Gasteiger partial charge in [0.05, 0.1) is 21.2 Å². The van der Waals surface area contributed by atoms with Crippen molar-refractivity contribution in [1.82, 2.24) is 0 Å². The molecule has 0 aliphatic carbocycles. The standard InChI is InChI=1S/C12H16FNOS/c1-8(2)9-4-5-11-10(12(9)13)6-7-14-16(11,3)15/h4-5,8H,6-7H2,1-3H3. The molecule has 2 nitrogen and oxygen atoms in total. The Balaban J connectivity index is 2.70. The highest BCUT2D eigenvalue weighted by molar-refractivity contribution is 7.93. The molecular weight excluding hydrogens is 225 g/mol. The minimum absolute atomic E-state index is 0.150. The van der Waals surface area contributed by atoms with Gasteiger partial charge in [0, 0.05) is 11.8 Å². The van der Waals surface area contributed by atoms with Crippen molar-refractivity contribution in [2.75, 3.05) is 12.8 Å². The van der Waals surface area contributed by atoms with Gasteiger partial charge in [-0.1, -0.05) is 19.9 Å². The van der Waals surface area contributed by atoms with E-state index in [0.29, 0.717) is 29.0 Å². The third-order valence-corrected chi connectivity index (χ3v) is 4.83. The lowest BCUT2D eigenvalue weighted by Gasteiger charge is -2.19. The van der Waals surface area contributed by atoms with Crippen LogP contribution in [0, 0.1) is 5.82 Å². The summed E-state index contributed by atoms with van der Waals surface area (Å²) in [7, 11) is -2.37. The van der Waals surface area contributed by atoms with E-state index in [2.05, 4.69) is 4.36 Å². The molecule has 0 fully saturated rings. The third-order valence-electron chi connectivity index (χ3n) is 2.96. The molecule has 0 amide bonds. The van der Waals surface area contributed by atoms with E-state index in [4.69, 9.17) is 0 Å². The van der Waals surface area contributed by atoms with Gasteiger partial charge >= 0.3 is 0 Å². The van der Waals surface area contributed by atoms with Gasteiger partial charge < -0.3 is 0 Å². The number of nitrogens with zero attached hydrogens (tertiary/aromatic N) is 1. The van der Waals surface area contributed by atoms with Gasteiger partial charge in [0.15, 0.2) is 0 Å². The minimum atomic E-state index is -2.37. The lowest BCUT2D eigenvalue weighted by atomic mass is 9.98. The van der Waals surface area contributed by atoms with E-state index in [1.807, 2.05) is 13.8 Å². The van der Waals surface area contributed by atoms with Crippen molar-refractivity contribution in [1.29, 1.82) is 0 Å². The Kier molecular flexibility index (Phi) is 2.78. The molecule has 1 aliphatic rings. The Morgan fingerprint density at radius 2 is 2.12 bits per heavy atom. The molecule has 1 aliphatic heterocycles. The Bertz CT molecular complexity index is 542. The third kappa shape index (κ3) is 1.75. The number of rotatable bonds is 1. The molecule has 0 radical (unpaired) electrons. The van der Waals surface area contributed by atoms with E-state index in [-0.39, 0.29) is 11.7 Å². The van der Waals surface area contributed by atoms with Crippen LogP contribution in [0.2, 0.25) is 0 Å². The molecule has 1 aromatic carbocycles. The predicted molar refractivity (Wildman–Crippen MR) is 63.8 cm³/mol. The molecule has 16 heavy (non-hydrogen) atoms. The summed E-state index contributed by atoms with van der Waals surface area (Å²) in [5.41, 5.74) is 1.31. The SMILES string of the molecule is CC(C)c1ccc2c(c1F)CCN=S2(C)=O. The molecular formula is C12H16FNOS. The van der Waals surface area contributed by atoms with Crippen LogP contribution in [0.15, 0.2) is 21.4 Å². The fraction of sp³-hybridized carbons (Fsp3) is 0.500. The summed E-state index contributed by atoms with van der Waals surface area (Å²) >= 11 is 0. The Morgan fingerprint density at radius 3 is 2.75 bits per heavy atom. The lowest BCUT2D eigenvalue weighted by molar-refractivity contribution is 0.572. The van der Waals surface area contributed by atoms with Crippen molar-refractivity contribution < 1.29 is 8.60 Å². The molecule has 0 N–H and O–H groups in total. The zero-order valence-electron chi connectivity index (χ0n) is 9.79. The Morgan fingerprint density at radius 1 is 1.44 bits per heavy atom. The first-order valence-corrected chi connectivity index (χ1v) is 7.35. The van der Waals surface area contributed by atoms with Crippen LogP contribution in [-0.2, 0) is 16.1 Å². The first-order chi connectivity index (χ1) is 7.43. The molecule has 1 heterocycles. The number of hydrogen-bond donors (Lipinski definition) is 0. The molecule has 0 aromatic heterocycles. The Labute approximate surface area is 96.1 Å². The predicted octanol–water partition coefficient (Wildman–Crippen LogP) is 2.96. The minimum Gasteiger partial charge on any atom is -0.245 e. The average Bonchev–Trinajstić information content (AvgIpc) is 2.18. The largest absolute Gasteiger partial charge is 0.245 e. The first kappa shape index (κ1) is 11.6. The van der Waals surface area contributed by atoms with Gasteiger partial charge in [-0.2, -0.15) is 0 Å². The van der Waals surface area contributed by atoms with Crippen molar-refractivity contribution in [2.45, 2.75) is 31.1 Å². The maximum Gasteiger partial charge on any atom is 0.131 e. The van der Waals surface area contributed by atoms with Crippen LogP contribution in [0.5, 0.6) is 0 Å². The quantitative estimate of drug-likeness (QED) is 0.743. The van der Waals surface area contributed by atoms with Crippen LogP contribution < -0.4 is 0 Å². The van der Waals surface area contributed by atoms with Crippen molar-refractivity contribution in [3.05, 3.63) is 29.1 Å². The fourth-order valence-electron chi connectivity index (χ4n) is 2.06. The maximum atomic E-state index is 14.2. The van der Waals surface area contributed by atoms with Crippen LogP contribution >= 0.6 is 0 Å². The number of halogens is 1. The molecule has 1 atom stereocenters. The second-order valence-electron chi connectivity index (χ2n) is 4.51. The van der Waals surface area contributed by atoms with Gasteiger partial charge in [-0.05, 0) is 24.0 Å². The highest BCUT2D eigenvalue weighted by Crippen LogP contribution is 2.30. The number of fused-ring (bicyclic) bond motifs is 1. The van der Waals surface area contributed by atoms with E-state index in [1.165, 1.54) is 0 Å². The second-order valence-corrected chi connectivity index (χ2v) is 6.81. The topological polar surface area (TPSA) is 29.4 Å². The van der Waals surface area contributed by atoms with Crippen LogP contribution in [0.3, 0.4) is 0 Å². The molecule has 4 heteroatoms. The summed E-state index contributed by atoms with van der Waals surface area (Å²) in [6.07, 6.45) is 2.14. The molecule has 1 unspecified atom stereocenters. The van der Waals surface area contributed by atoms with Crippen LogP contribution in [-0.4, -0.2) is 17.0 Å². The molecule has 0 saturated carbocycles. The molecule has 0 bridgehead atoms. The highest BCUT2D eigenvalue weighted by Gasteiger charge is 2.22. The van der Waals surface area contributed by atoms with E-state index < -0.39 is 9.73 Å². The van der Waals surface area contributed by atoms with Crippen LogP contribution in [0.4, 0.5) is 4.39 Å².